The minimum atomic E-state index is 0.627. The zero-order valence-corrected chi connectivity index (χ0v) is 16.7. The molecule has 1 aromatic carbocycles. The van der Waals surface area contributed by atoms with Crippen LogP contribution in [0.3, 0.4) is 0 Å². The predicted octanol–water partition coefficient (Wildman–Crippen LogP) is 3.47. The number of aryl methyl sites for hydroxylation is 2. The van der Waals surface area contributed by atoms with Gasteiger partial charge in [-0.2, -0.15) is 5.10 Å². The highest BCUT2D eigenvalue weighted by atomic mass is 15.5. The standard InChI is InChI=1S/C21H24N8/c1-3-5-12-29-20(23-19(4-2)26-29)13-15-6-8-16(9-7-15)18-14-22-11-10-17(18)21-24-27-28-25-21/h6-11,14H,3-5,12-13H2,1-2H3,(H,24,25,27,28). The number of nitrogens with one attached hydrogen (secondary N) is 1. The van der Waals surface area contributed by atoms with Gasteiger partial charge < -0.3 is 0 Å². The SMILES string of the molecule is CCCCn1nc(CC)nc1Cc1ccc(-c2cnccc2-c2nnn[nH]2)cc1. The summed E-state index contributed by atoms with van der Waals surface area (Å²) < 4.78 is 2.06. The largest absolute Gasteiger partial charge is 0.264 e. The molecule has 1 N–H and O–H groups in total. The first-order chi connectivity index (χ1) is 14.3. The van der Waals surface area contributed by atoms with Crippen molar-refractivity contribution in [1.29, 1.82) is 0 Å². The lowest BCUT2D eigenvalue weighted by molar-refractivity contribution is 0.546. The molecule has 0 unspecified atom stereocenters. The van der Waals surface area contributed by atoms with E-state index in [1.807, 2.05) is 12.3 Å². The van der Waals surface area contributed by atoms with Crippen LogP contribution in [0.25, 0.3) is 22.5 Å². The molecule has 4 aromatic rings. The molecular weight excluding hydrogens is 364 g/mol. The molecule has 4 rings (SSSR count). The van der Waals surface area contributed by atoms with Gasteiger partial charge in [-0.05, 0) is 34.0 Å². The van der Waals surface area contributed by atoms with Crippen molar-refractivity contribution < 1.29 is 0 Å². The Balaban J connectivity index is 1.58. The number of aromatic nitrogens is 8. The van der Waals surface area contributed by atoms with E-state index < -0.39 is 0 Å². The fourth-order valence-corrected chi connectivity index (χ4v) is 3.28. The van der Waals surface area contributed by atoms with Crippen LogP contribution in [0.2, 0.25) is 0 Å². The van der Waals surface area contributed by atoms with Crippen molar-refractivity contribution in [2.45, 2.75) is 46.1 Å². The highest BCUT2D eigenvalue weighted by molar-refractivity contribution is 5.79. The molecule has 0 aliphatic rings. The van der Waals surface area contributed by atoms with Crippen LogP contribution in [0.1, 0.15) is 43.9 Å². The Bertz CT molecular complexity index is 1050. The van der Waals surface area contributed by atoms with Gasteiger partial charge in [-0.15, -0.1) is 5.10 Å². The molecule has 0 atom stereocenters. The second-order valence-electron chi connectivity index (χ2n) is 6.92. The molecule has 8 heteroatoms. The van der Waals surface area contributed by atoms with Crippen molar-refractivity contribution in [2.75, 3.05) is 0 Å². The van der Waals surface area contributed by atoms with Crippen LogP contribution in [0.5, 0.6) is 0 Å². The average molecular weight is 388 g/mol. The van der Waals surface area contributed by atoms with Crippen molar-refractivity contribution >= 4 is 0 Å². The average Bonchev–Trinajstić information content (AvgIpc) is 3.43. The van der Waals surface area contributed by atoms with Crippen LogP contribution < -0.4 is 0 Å². The van der Waals surface area contributed by atoms with Crippen molar-refractivity contribution in [3.8, 4) is 22.5 Å². The zero-order chi connectivity index (χ0) is 20.1. The molecule has 3 aromatic heterocycles. The first kappa shape index (κ1) is 18.9. The van der Waals surface area contributed by atoms with Crippen molar-refractivity contribution in [3.63, 3.8) is 0 Å². The Morgan fingerprint density at radius 3 is 2.62 bits per heavy atom. The van der Waals surface area contributed by atoms with Crippen LogP contribution in [0, 0.1) is 0 Å². The monoisotopic (exact) mass is 388 g/mol. The maximum Gasteiger partial charge on any atom is 0.180 e. The molecule has 3 heterocycles. The summed E-state index contributed by atoms with van der Waals surface area (Å²) in [5, 5.41) is 18.8. The summed E-state index contributed by atoms with van der Waals surface area (Å²) in [6.45, 7) is 5.20. The minimum Gasteiger partial charge on any atom is -0.264 e. The van der Waals surface area contributed by atoms with Gasteiger partial charge in [0, 0.05) is 42.9 Å². The van der Waals surface area contributed by atoms with Crippen molar-refractivity contribution in [3.05, 3.63) is 59.9 Å². The topological polar surface area (TPSA) is 98.1 Å². The van der Waals surface area contributed by atoms with Gasteiger partial charge in [0.1, 0.15) is 5.82 Å². The lowest BCUT2D eigenvalue weighted by Crippen LogP contribution is -2.06. The van der Waals surface area contributed by atoms with Crippen LogP contribution in [0.15, 0.2) is 42.7 Å². The number of benzene rings is 1. The highest BCUT2D eigenvalue weighted by Gasteiger charge is 2.12. The first-order valence-electron chi connectivity index (χ1n) is 9.98. The number of rotatable bonds is 8. The van der Waals surface area contributed by atoms with E-state index in [4.69, 9.17) is 4.98 Å². The van der Waals surface area contributed by atoms with E-state index in [1.54, 1.807) is 6.20 Å². The number of pyridine rings is 1. The normalized spacial score (nSPS) is 11.1. The predicted molar refractivity (Wildman–Crippen MR) is 110 cm³/mol. The Labute approximate surface area is 169 Å². The minimum absolute atomic E-state index is 0.627. The van der Waals surface area contributed by atoms with Crippen molar-refractivity contribution in [1.82, 2.24) is 40.4 Å². The van der Waals surface area contributed by atoms with Gasteiger partial charge in [0.2, 0.25) is 0 Å². The molecule has 0 spiro atoms. The van der Waals surface area contributed by atoms with E-state index in [9.17, 15) is 0 Å². The zero-order valence-electron chi connectivity index (χ0n) is 16.7. The molecule has 0 aliphatic carbocycles. The molecule has 0 bridgehead atoms. The van der Waals surface area contributed by atoms with E-state index in [0.29, 0.717) is 5.82 Å². The van der Waals surface area contributed by atoms with Gasteiger partial charge >= 0.3 is 0 Å². The number of nitrogens with zero attached hydrogens (tertiary/aromatic N) is 7. The Hall–Kier alpha value is -3.42. The summed E-state index contributed by atoms with van der Waals surface area (Å²) in [6.07, 6.45) is 7.45. The van der Waals surface area contributed by atoms with Gasteiger partial charge in [-0.3, -0.25) is 4.98 Å². The molecule has 0 fully saturated rings. The maximum absolute atomic E-state index is 4.72. The number of tetrazole rings is 1. The second kappa shape index (κ2) is 8.72. The second-order valence-corrected chi connectivity index (χ2v) is 6.92. The number of unbranched alkanes of at least 4 members (excludes halogenated alkanes) is 1. The molecule has 8 nitrogen and oxygen atoms in total. The fourth-order valence-electron chi connectivity index (χ4n) is 3.28. The van der Waals surface area contributed by atoms with Gasteiger partial charge in [-0.25, -0.2) is 14.8 Å². The molecule has 0 radical (unpaired) electrons. The third kappa shape index (κ3) is 4.21. The summed E-state index contributed by atoms with van der Waals surface area (Å²) in [6, 6.07) is 10.4. The van der Waals surface area contributed by atoms with E-state index in [-0.39, 0.29) is 0 Å². The summed E-state index contributed by atoms with van der Waals surface area (Å²) in [5.41, 5.74) is 4.17. The number of aromatic amines is 1. The first-order valence-corrected chi connectivity index (χ1v) is 9.98. The molecule has 0 aliphatic heterocycles. The lowest BCUT2D eigenvalue weighted by Gasteiger charge is -2.08. The van der Waals surface area contributed by atoms with Crippen LogP contribution in [-0.2, 0) is 19.4 Å². The third-order valence-electron chi connectivity index (χ3n) is 4.88. The number of hydrogen-bond donors (Lipinski definition) is 1. The number of hydrogen-bond acceptors (Lipinski definition) is 6. The molecular formula is C21H24N8. The fraction of sp³-hybridized carbons (Fsp3) is 0.333. The molecule has 0 saturated carbocycles. The number of H-pyrrole nitrogens is 1. The highest BCUT2D eigenvalue weighted by Crippen LogP contribution is 2.29. The van der Waals surface area contributed by atoms with E-state index in [2.05, 4.69) is 73.5 Å². The van der Waals surface area contributed by atoms with E-state index >= 15 is 0 Å². The van der Waals surface area contributed by atoms with Crippen LogP contribution in [0.4, 0.5) is 0 Å². The molecule has 0 amide bonds. The summed E-state index contributed by atoms with van der Waals surface area (Å²) in [5.74, 6) is 2.56. The summed E-state index contributed by atoms with van der Waals surface area (Å²) in [7, 11) is 0. The van der Waals surface area contributed by atoms with E-state index in [0.717, 1.165) is 60.6 Å². The quantitative estimate of drug-likeness (QED) is 0.496. The summed E-state index contributed by atoms with van der Waals surface area (Å²) in [4.78, 5) is 8.99. The van der Waals surface area contributed by atoms with Crippen LogP contribution >= 0.6 is 0 Å². The van der Waals surface area contributed by atoms with Crippen LogP contribution in [-0.4, -0.2) is 40.4 Å². The molecule has 29 heavy (non-hydrogen) atoms. The van der Waals surface area contributed by atoms with Gasteiger partial charge in [0.05, 0.1) is 0 Å². The van der Waals surface area contributed by atoms with Gasteiger partial charge in [-0.1, -0.05) is 44.5 Å². The lowest BCUT2D eigenvalue weighted by atomic mass is 9.99. The smallest absolute Gasteiger partial charge is 0.180 e. The Kier molecular flexibility index (Phi) is 5.69. The maximum atomic E-state index is 4.72. The van der Waals surface area contributed by atoms with Gasteiger partial charge in [0.15, 0.2) is 11.6 Å². The Morgan fingerprint density at radius 1 is 1.03 bits per heavy atom. The van der Waals surface area contributed by atoms with E-state index in [1.165, 1.54) is 5.56 Å². The third-order valence-corrected chi connectivity index (χ3v) is 4.88. The van der Waals surface area contributed by atoms with Crippen molar-refractivity contribution in [2.24, 2.45) is 0 Å². The molecule has 148 valence electrons. The van der Waals surface area contributed by atoms with Gasteiger partial charge in [0.25, 0.3) is 0 Å². The summed E-state index contributed by atoms with van der Waals surface area (Å²) >= 11 is 0. The molecule has 0 saturated heterocycles. The Morgan fingerprint density at radius 2 is 1.90 bits per heavy atom.